The average Bonchev–Trinajstić information content (AvgIpc) is 2.02. The van der Waals surface area contributed by atoms with Gasteiger partial charge in [0.15, 0.2) is 0 Å². The van der Waals surface area contributed by atoms with E-state index in [1.165, 1.54) is 0 Å². The van der Waals surface area contributed by atoms with Gasteiger partial charge >= 0.3 is 5.97 Å². The van der Waals surface area contributed by atoms with Gasteiger partial charge in [0.2, 0.25) is 0 Å². The number of carboxylic acids is 1. The van der Waals surface area contributed by atoms with Gasteiger partial charge in [-0.25, -0.2) is 0 Å². The zero-order valence-electron chi connectivity index (χ0n) is 7.99. The smallest absolute Gasteiger partial charge is 0.309 e. The van der Waals surface area contributed by atoms with Gasteiger partial charge in [0, 0.05) is 7.11 Å². The molecule has 2 N–H and O–H groups in total. The molecule has 13 heavy (non-hydrogen) atoms. The lowest BCUT2D eigenvalue weighted by molar-refractivity contribution is -0.156. The number of hydrogen-bond donors (Lipinski definition) is 2. The molecule has 0 radical (unpaired) electrons. The molecular weight excluding hydrogens is 172 g/mol. The van der Waals surface area contributed by atoms with Crippen molar-refractivity contribution < 1.29 is 19.7 Å². The molecule has 76 valence electrons. The molecule has 1 rings (SSSR count). The standard InChI is InChI=1S/C9H16O4/c1-9(8(11)12)4-6(10)3-7(5-9)13-2/h6-7,10H,3-5H2,1-2H3,(H,11,12)/t6-,7+,9?/m0/s1. The number of aliphatic hydroxyl groups is 1. The predicted octanol–water partition coefficient (Wildman–Crippen LogP) is 0.637. The van der Waals surface area contributed by atoms with Crippen molar-refractivity contribution >= 4 is 5.97 Å². The summed E-state index contributed by atoms with van der Waals surface area (Å²) < 4.78 is 5.08. The molecule has 0 amide bonds. The first kappa shape index (κ1) is 10.5. The van der Waals surface area contributed by atoms with E-state index in [2.05, 4.69) is 0 Å². The summed E-state index contributed by atoms with van der Waals surface area (Å²) >= 11 is 0. The van der Waals surface area contributed by atoms with Crippen LogP contribution >= 0.6 is 0 Å². The minimum Gasteiger partial charge on any atom is -0.481 e. The molecule has 0 heterocycles. The van der Waals surface area contributed by atoms with Crippen LogP contribution in [0.5, 0.6) is 0 Å². The molecule has 0 aromatic rings. The Morgan fingerprint density at radius 2 is 2.15 bits per heavy atom. The number of rotatable bonds is 2. The molecule has 1 saturated carbocycles. The molecule has 0 aliphatic heterocycles. The summed E-state index contributed by atoms with van der Waals surface area (Å²) in [5, 5.41) is 18.4. The van der Waals surface area contributed by atoms with Crippen LogP contribution in [-0.4, -0.2) is 35.5 Å². The van der Waals surface area contributed by atoms with Crippen molar-refractivity contribution in [2.75, 3.05) is 7.11 Å². The van der Waals surface area contributed by atoms with Gasteiger partial charge in [-0.3, -0.25) is 4.79 Å². The maximum atomic E-state index is 10.9. The molecule has 4 heteroatoms. The molecule has 0 aromatic carbocycles. The largest absolute Gasteiger partial charge is 0.481 e. The molecule has 0 spiro atoms. The highest BCUT2D eigenvalue weighted by Crippen LogP contribution is 2.37. The molecule has 4 nitrogen and oxygen atoms in total. The molecule has 0 saturated heterocycles. The van der Waals surface area contributed by atoms with Gasteiger partial charge in [0.05, 0.1) is 17.6 Å². The summed E-state index contributed by atoms with van der Waals surface area (Å²) in [6, 6.07) is 0. The topological polar surface area (TPSA) is 66.8 Å². The fraction of sp³-hybridized carbons (Fsp3) is 0.889. The van der Waals surface area contributed by atoms with Crippen LogP contribution in [0.25, 0.3) is 0 Å². The van der Waals surface area contributed by atoms with Crippen LogP contribution in [0, 0.1) is 5.41 Å². The Morgan fingerprint density at radius 3 is 2.62 bits per heavy atom. The Balaban J connectivity index is 2.71. The monoisotopic (exact) mass is 188 g/mol. The van der Waals surface area contributed by atoms with E-state index in [1.54, 1.807) is 14.0 Å². The zero-order valence-corrected chi connectivity index (χ0v) is 7.99. The average molecular weight is 188 g/mol. The normalized spacial score (nSPS) is 40.2. The second kappa shape index (κ2) is 3.64. The molecule has 1 fully saturated rings. The van der Waals surface area contributed by atoms with Crippen molar-refractivity contribution in [3.8, 4) is 0 Å². The first-order valence-corrected chi connectivity index (χ1v) is 4.42. The van der Waals surface area contributed by atoms with Crippen LogP contribution in [0.2, 0.25) is 0 Å². The van der Waals surface area contributed by atoms with Gasteiger partial charge in [0.25, 0.3) is 0 Å². The number of aliphatic hydroxyl groups excluding tert-OH is 1. The summed E-state index contributed by atoms with van der Waals surface area (Å²) in [4.78, 5) is 10.9. The molecule has 1 aliphatic carbocycles. The van der Waals surface area contributed by atoms with Crippen molar-refractivity contribution in [1.82, 2.24) is 0 Å². The molecule has 3 atom stereocenters. The van der Waals surface area contributed by atoms with Gasteiger partial charge < -0.3 is 14.9 Å². The van der Waals surface area contributed by atoms with E-state index in [9.17, 15) is 9.90 Å². The van der Waals surface area contributed by atoms with Gasteiger partial charge in [-0.05, 0) is 26.2 Å². The van der Waals surface area contributed by atoms with Gasteiger partial charge in [-0.1, -0.05) is 0 Å². The Hall–Kier alpha value is -0.610. The van der Waals surface area contributed by atoms with E-state index in [-0.39, 0.29) is 6.10 Å². The van der Waals surface area contributed by atoms with Crippen LogP contribution in [0.4, 0.5) is 0 Å². The quantitative estimate of drug-likeness (QED) is 0.667. The zero-order chi connectivity index (χ0) is 10.1. The number of hydrogen-bond acceptors (Lipinski definition) is 3. The lowest BCUT2D eigenvalue weighted by Gasteiger charge is -2.36. The van der Waals surface area contributed by atoms with Crippen molar-refractivity contribution in [3.05, 3.63) is 0 Å². The summed E-state index contributed by atoms with van der Waals surface area (Å²) in [5.74, 6) is -0.853. The highest BCUT2D eigenvalue weighted by molar-refractivity contribution is 5.74. The second-order valence-electron chi connectivity index (χ2n) is 4.02. The SMILES string of the molecule is CO[C@@H]1C[C@H](O)CC(C)(C(=O)O)C1. The van der Waals surface area contributed by atoms with E-state index in [0.29, 0.717) is 19.3 Å². The van der Waals surface area contributed by atoms with Crippen molar-refractivity contribution in [3.63, 3.8) is 0 Å². The number of ether oxygens (including phenoxy) is 1. The molecule has 1 unspecified atom stereocenters. The molecular formula is C9H16O4. The van der Waals surface area contributed by atoms with E-state index >= 15 is 0 Å². The highest BCUT2D eigenvalue weighted by Gasteiger charge is 2.42. The second-order valence-corrected chi connectivity index (χ2v) is 4.02. The van der Waals surface area contributed by atoms with Crippen molar-refractivity contribution in [1.29, 1.82) is 0 Å². The third kappa shape index (κ3) is 2.19. The Labute approximate surface area is 77.5 Å². The number of carbonyl (C=O) groups is 1. The number of aliphatic carboxylic acids is 1. The van der Waals surface area contributed by atoms with Crippen LogP contribution in [0.3, 0.4) is 0 Å². The first-order valence-electron chi connectivity index (χ1n) is 4.42. The lowest BCUT2D eigenvalue weighted by atomic mass is 9.73. The first-order chi connectivity index (χ1) is 5.98. The van der Waals surface area contributed by atoms with Gasteiger partial charge in [-0.2, -0.15) is 0 Å². The molecule has 0 aromatic heterocycles. The lowest BCUT2D eigenvalue weighted by Crippen LogP contribution is -2.42. The van der Waals surface area contributed by atoms with Crippen LogP contribution < -0.4 is 0 Å². The summed E-state index contributed by atoms with van der Waals surface area (Å²) in [6.45, 7) is 1.66. The summed E-state index contributed by atoms with van der Waals surface area (Å²) in [5.41, 5.74) is -0.835. The highest BCUT2D eigenvalue weighted by atomic mass is 16.5. The van der Waals surface area contributed by atoms with Gasteiger partial charge in [-0.15, -0.1) is 0 Å². The number of carboxylic acid groups (broad SMARTS) is 1. The maximum Gasteiger partial charge on any atom is 0.309 e. The predicted molar refractivity (Wildman–Crippen MR) is 46.4 cm³/mol. The van der Waals surface area contributed by atoms with E-state index in [1.807, 2.05) is 0 Å². The Morgan fingerprint density at radius 1 is 1.54 bits per heavy atom. The van der Waals surface area contributed by atoms with Crippen LogP contribution in [0.15, 0.2) is 0 Å². The maximum absolute atomic E-state index is 10.9. The third-order valence-corrected chi connectivity index (χ3v) is 2.75. The number of methoxy groups -OCH3 is 1. The van der Waals surface area contributed by atoms with Gasteiger partial charge in [0.1, 0.15) is 0 Å². The van der Waals surface area contributed by atoms with Crippen molar-refractivity contribution in [2.45, 2.75) is 38.4 Å². The van der Waals surface area contributed by atoms with E-state index in [0.717, 1.165) is 0 Å². The molecule has 1 aliphatic rings. The molecule has 0 bridgehead atoms. The summed E-state index contributed by atoms with van der Waals surface area (Å²) in [7, 11) is 1.55. The minimum absolute atomic E-state index is 0.134. The minimum atomic E-state index is -0.853. The Bertz CT molecular complexity index is 204. The fourth-order valence-corrected chi connectivity index (χ4v) is 1.93. The Kier molecular flexibility index (Phi) is 2.93. The van der Waals surface area contributed by atoms with Crippen LogP contribution in [-0.2, 0) is 9.53 Å². The third-order valence-electron chi connectivity index (χ3n) is 2.75. The van der Waals surface area contributed by atoms with E-state index in [4.69, 9.17) is 9.84 Å². The summed E-state index contributed by atoms with van der Waals surface area (Å²) in [6.07, 6.45) is 0.655. The van der Waals surface area contributed by atoms with E-state index < -0.39 is 17.5 Å². The fourth-order valence-electron chi connectivity index (χ4n) is 1.93. The van der Waals surface area contributed by atoms with Crippen LogP contribution in [0.1, 0.15) is 26.2 Å². The van der Waals surface area contributed by atoms with Crippen molar-refractivity contribution in [2.24, 2.45) is 5.41 Å².